The van der Waals surface area contributed by atoms with Gasteiger partial charge < -0.3 is 19.7 Å². The molecule has 0 spiro atoms. The van der Waals surface area contributed by atoms with Crippen molar-refractivity contribution in [2.24, 2.45) is 5.92 Å². The Morgan fingerprint density at radius 1 is 1.12 bits per heavy atom. The van der Waals surface area contributed by atoms with E-state index in [-0.39, 0.29) is 18.4 Å². The maximum atomic E-state index is 13.3. The Bertz CT molecular complexity index is 1200. The van der Waals surface area contributed by atoms with E-state index in [2.05, 4.69) is 22.1 Å². The molecule has 176 valence electrons. The summed E-state index contributed by atoms with van der Waals surface area (Å²) in [6.07, 6.45) is 8.08. The van der Waals surface area contributed by atoms with Gasteiger partial charge in [0.25, 0.3) is 5.91 Å². The fourth-order valence-corrected chi connectivity index (χ4v) is 4.74. The summed E-state index contributed by atoms with van der Waals surface area (Å²) >= 11 is 0. The number of piperidine rings is 1. The average Bonchev–Trinajstić information content (AvgIpc) is 3.49. The summed E-state index contributed by atoms with van der Waals surface area (Å²) in [6, 6.07) is 9.52. The van der Waals surface area contributed by atoms with Crippen molar-refractivity contribution in [2.75, 3.05) is 34.8 Å². The van der Waals surface area contributed by atoms with Crippen LogP contribution in [-0.2, 0) is 17.8 Å². The zero-order valence-electron chi connectivity index (χ0n) is 19.7. The molecule has 4 heterocycles. The van der Waals surface area contributed by atoms with Crippen molar-refractivity contribution in [2.45, 2.75) is 39.7 Å². The van der Waals surface area contributed by atoms with Crippen molar-refractivity contribution in [3.8, 4) is 0 Å². The second-order valence-electron chi connectivity index (χ2n) is 9.32. The topological polar surface area (TPSA) is 83.4 Å². The van der Waals surface area contributed by atoms with Gasteiger partial charge in [-0.05, 0) is 68.0 Å². The van der Waals surface area contributed by atoms with Crippen molar-refractivity contribution in [3.05, 3.63) is 65.9 Å². The van der Waals surface area contributed by atoms with Crippen LogP contribution in [-0.4, -0.2) is 46.0 Å². The number of nitrogens with one attached hydrogen (secondary N) is 1. The molecule has 0 aliphatic carbocycles. The lowest BCUT2D eigenvalue weighted by Crippen LogP contribution is -2.35. The normalized spacial score (nSPS) is 15.9. The SMILES string of the molecule is Cc1ccc(C(=O)Nc2ccc3c(c2)CCN3C(=O)Cn2ccnc2)c(N2CCC(C)CC2)n1. The number of aromatic nitrogens is 3. The van der Waals surface area contributed by atoms with Crippen LogP contribution < -0.4 is 15.1 Å². The summed E-state index contributed by atoms with van der Waals surface area (Å²) < 4.78 is 1.77. The zero-order chi connectivity index (χ0) is 23.7. The third-order valence-corrected chi connectivity index (χ3v) is 6.75. The summed E-state index contributed by atoms with van der Waals surface area (Å²) in [6.45, 7) is 6.96. The van der Waals surface area contributed by atoms with Crippen LogP contribution in [0.3, 0.4) is 0 Å². The van der Waals surface area contributed by atoms with Gasteiger partial charge in [-0.15, -0.1) is 0 Å². The van der Waals surface area contributed by atoms with Crippen molar-refractivity contribution < 1.29 is 9.59 Å². The summed E-state index contributed by atoms with van der Waals surface area (Å²) in [5.74, 6) is 1.34. The number of hydrogen-bond donors (Lipinski definition) is 1. The van der Waals surface area contributed by atoms with Crippen LogP contribution in [0.1, 0.15) is 41.4 Å². The van der Waals surface area contributed by atoms with E-state index in [9.17, 15) is 9.59 Å². The molecule has 2 aliphatic heterocycles. The van der Waals surface area contributed by atoms with Crippen molar-refractivity contribution in [1.82, 2.24) is 14.5 Å². The fraction of sp³-hybridized carbons (Fsp3) is 0.385. The van der Waals surface area contributed by atoms with Gasteiger partial charge in [0.1, 0.15) is 12.4 Å². The number of carbonyl (C=O) groups is 2. The molecule has 2 amide bonds. The largest absolute Gasteiger partial charge is 0.356 e. The highest BCUT2D eigenvalue weighted by molar-refractivity contribution is 6.08. The fourth-order valence-electron chi connectivity index (χ4n) is 4.74. The number of benzene rings is 1. The number of fused-ring (bicyclic) bond motifs is 1. The minimum absolute atomic E-state index is 0.0276. The molecule has 34 heavy (non-hydrogen) atoms. The number of anilines is 3. The average molecular weight is 459 g/mol. The summed E-state index contributed by atoms with van der Waals surface area (Å²) in [4.78, 5) is 38.8. The van der Waals surface area contributed by atoms with E-state index in [1.54, 1.807) is 28.2 Å². The van der Waals surface area contributed by atoms with Gasteiger partial charge in [-0.1, -0.05) is 6.92 Å². The lowest BCUT2D eigenvalue weighted by atomic mass is 9.99. The molecule has 0 atom stereocenters. The predicted molar refractivity (Wildman–Crippen MR) is 132 cm³/mol. The number of rotatable bonds is 5. The standard InChI is InChI=1S/C26H30N6O2/c1-18-7-11-31(12-8-18)25-22(5-3-19(2)28-25)26(34)29-21-4-6-23-20(15-21)9-13-32(23)24(33)16-30-14-10-27-17-30/h3-6,10,14-15,17-18H,7-9,11-13,16H2,1-2H3,(H,29,34). The molecular weight excluding hydrogens is 428 g/mol. The highest BCUT2D eigenvalue weighted by atomic mass is 16.2. The molecule has 5 rings (SSSR count). The van der Waals surface area contributed by atoms with Gasteiger partial charge in [0.2, 0.25) is 5.91 Å². The quantitative estimate of drug-likeness (QED) is 0.631. The van der Waals surface area contributed by atoms with Gasteiger partial charge >= 0.3 is 0 Å². The Kier molecular flexibility index (Phi) is 6.04. The van der Waals surface area contributed by atoms with Gasteiger partial charge in [0.15, 0.2) is 0 Å². The molecule has 1 N–H and O–H groups in total. The predicted octanol–water partition coefficient (Wildman–Crippen LogP) is 3.66. The number of aryl methyl sites for hydroxylation is 1. The first-order chi connectivity index (χ1) is 16.5. The van der Waals surface area contributed by atoms with Crippen LogP contribution in [0.25, 0.3) is 0 Å². The molecule has 1 saturated heterocycles. The van der Waals surface area contributed by atoms with Crippen LogP contribution in [0, 0.1) is 12.8 Å². The number of imidazole rings is 1. The van der Waals surface area contributed by atoms with Crippen LogP contribution >= 0.6 is 0 Å². The van der Waals surface area contributed by atoms with E-state index in [1.807, 2.05) is 37.3 Å². The number of amides is 2. The molecule has 0 radical (unpaired) electrons. The molecule has 2 aromatic heterocycles. The van der Waals surface area contributed by atoms with Crippen molar-refractivity contribution in [3.63, 3.8) is 0 Å². The first-order valence-corrected chi connectivity index (χ1v) is 11.9. The molecule has 2 aliphatic rings. The van der Waals surface area contributed by atoms with Crippen LogP contribution in [0.15, 0.2) is 49.1 Å². The van der Waals surface area contributed by atoms with Crippen molar-refractivity contribution >= 4 is 29.0 Å². The number of pyridine rings is 1. The Morgan fingerprint density at radius 3 is 2.71 bits per heavy atom. The maximum absolute atomic E-state index is 13.3. The molecule has 0 saturated carbocycles. The van der Waals surface area contributed by atoms with Gasteiger partial charge in [0, 0.05) is 49.1 Å². The van der Waals surface area contributed by atoms with Gasteiger partial charge in [0.05, 0.1) is 11.9 Å². The Labute approximate surface area is 199 Å². The molecule has 1 fully saturated rings. The number of nitrogens with zero attached hydrogens (tertiary/aromatic N) is 5. The third kappa shape index (κ3) is 4.53. The number of carbonyl (C=O) groups excluding carboxylic acids is 2. The Balaban J connectivity index is 1.31. The summed E-state index contributed by atoms with van der Waals surface area (Å²) in [7, 11) is 0. The number of hydrogen-bond acceptors (Lipinski definition) is 5. The minimum Gasteiger partial charge on any atom is -0.356 e. The lowest BCUT2D eigenvalue weighted by Gasteiger charge is -2.32. The highest BCUT2D eigenvalue weighted by Crippen LogP contribution is 2.31. The molecule has 1 aromatic carbocycles. The van der Waals surface area contributed by atoms with Crippen molar-refractivity contribution in [1.29, 1.82) is 0 Å². The van der Waals surface area contributed by atoms with E-state index in [1.165, 1.54) is 0 Å². The summed E-state index contributed by atoms with van der Waals surface area (Å²) in [5.41, 5.74) is 4.19. The third-order valence-electron chi connectivity index (χ3n) is 6.75. The Hall–Kier alpha value is -3.68. The first-order valence-electron chi connectivity index (χ1n) is 11.9. The van der Waals surface area contributed by atoms with E-state index in [4.69, 9.17) is 4.98 Å². The first kappa shape index (κ1) is 22.1. The smallest absolute Gasteiger partial charge is 0.259 e. The molecule has 8 nitrogen and oxygen atoms in total. The van der Waals surface area contributed by atoms with E-state index >= 15 is 0 Å². The zero-order valence-corrected chi connectivity index (χ0v) is 19.7. The maximum Gasteiger partial charge on any atom is 0.259 e. The van der Waals surface area contributed by atoms with E-state index < -0.39 is 0 Å². The molecule has 0 unspecified atom stereocenters. The molecular formula is C26H30N6O2. The van der Waals surface area contributed by atoms with Crippen LogP contribution in [0.4, 0.5) is 17.2 Å². The molecule has 3 aromatic rings. The molecule has 8 heteroatoms. The summed E-state index contributed by atoms with van der Waals surface area (Å²) in [5, 5.41) is 3.05. The van der Waals surface area contributed by atoms with Gasteiger partial charge in [-0.3, -0.25) is 9.59 Å². The second kappa shape index (κ2) is 9.29. The van der Waals surface area contributed by atoms with Crippen LogP contribution in [0.5, 0.6) is 0 Å². The highest BCUT2D eigenvalue weighted by Gasteiger charge is 2.26. The second-order valence-corrected chi connectivity index (χ2v) is 9.32. The van der Waals surface area contributed by atoms with Gasteiger partial charge in [-0.25, -0.2) is 9.97 Å². The van der Waals surface area contributed by atoms with E-state index in [0.717, 1.165) is 60.8 Å². The van der Waals surface area contributed by atoms with E-state index in [0.29, 0.717) is 18.0 Å². The minimum atomic E-state index is -0.160. The Morgan fingerprint density at radius 2 is 1.94 bits per heavy atom. The monoisotopic (exact) mass is 458 g/mol. The van der Waals surface area contributed by atoms with Crippen LogP contribution in [0.2, 0.25) is 0 Å². The lowest BCUT2D eigenvalue weighted by molar-refractivity contribution is -0.119. The van der Waals surface area contributed by atoms with Gasteiger partial charge in [-0.2, -0.15) is 0 Å². The molecule has 0 bridgehead atoms.